The van der Waals surface area contributed by atoms with E-state index >= 15 is 0 Å². The van der Waals surface area contributed by atoms with Crippen molar-refractivity contribution in [3.63, 3.8) is 0 Å². The van der Waals surface area contributed by atoms with Crippen molar-refractivity contribution in [2.24, 2.45) is 0 Å². The van der Waals surface area contributed by atoms with E-state index in [-0.39, 0.29) is 11.9 Å². The summed E-state index contributed by atoms with van der Waals surface area (Å²) in [5.74, 6) is 2.53. The number of nitrogens with zero attached hydrogens (tertiary/aromatic N) is 1. The molecule has 1 fully saturated rings. The van der Waals surface area contributed by atoms with Crippen molar-refractivity contribution in [3.8, 4) is 0 Å². The van der Waals surface area contributed by atoms with Crippen molar-refractivity contribution < 1.29 is 4.79 Å². The van der Waals surface area contributed by atoms with E-state index in [2.05, 4.69) is 29.5 Å². The Kier molecular flexibility index (Phi) is 5.51. The summed E-state index contributed by atoms with van der Waals surface area (Å²) in [5.41, 5.74) is 0. The molecule has 2 rings (SSSR count). The molecule has 2 amide bonds. The number of nitrogens with one attached hydrogen (secondary N) is 2. The quantitative estimate of drug-likeness (QED) is 0.899. The first-order valence-corrected chi connectivity index (χ1v) is 8.66. The van der Waals surface area contributed by atoms with E-state index < -0.39 is 0 Å². The van der Waals surface area contributed by atoms with Crippen molar-refractivity contribution in [2.45, 2.75) is 38.6 Å². The second kappa shape index (κ2) is 7.14. The molecule has 2 atom stereocenters. The third-order valence-corrected chi connectivity index (χ3v) is 5.48. The van der Waals surface area contributed by atoms with E-state index in [1.165, 1.54) is 17.1 Å². The van der Waals surface area contributed by atoms with Gasteiger partial charge in [0.25, 0.3) is 0 Å². The van der Waals surface area contributed by atoms with Crippen LogP contribution in [0.5, 0.6) is 0 Å². The molecule has 1 aliphatic heterocycles. The maximum Gasteiger partial charge on any atom is 0.315 e. The zero-order chi connectivity index (χ0) is 13.7. The number of hydrogen-bond donors (Lipinski definition) is 2. The molecule has 19 heavy (non-hydrogen) atoms. The standard InChI is InChI=1S/C13H21N3OS2/c1-9(12-14-7-10(2)19-12)6-15-13(17)16-11-4-3-5-18-8-11/h7,9,11H,3-6,8H2,1-2H3,(H2,15,16,17)/t9-,11-/m0/s1. The van der Waals surface area contributed by atoms with Crippen molar-refractivity contribution in [1.29, 1.82) is 0 Å². The van der Waals surface area contributed by atoms with E-state index in [9.17, 15) is 4.79 Å². The van der Waals surface area contributed by atoms with Gasteiger partial charge >= 0.3 is 6.03 Å². The second-order valence-corrected chi connectivity index (χ2v) is 7.39. The lowest BCUT2D eigenvalue weighted by molar-refractivity contribution is 0.236. The molecule has 1 aromatic rings. The van der Waals surface area contributed by atoms with E-state index in [1.807, 2.05) is 18.0 Å². The molecule has 2 heterocycles. The number of urea groups is 1. The molecule has 1 saturated heterocycles. The smallest absolute Gasteiger partial charge is 0.315 e. The van der Waals surface area contributed by atoms with E-state index in [0.717, 1.165) is 17.2 Å². The molecule has 0 aliphatic carbocycles. The number of hydrogen-bond acceptors (Lipinski definition) is 4. The van der Waals surface area contributed by atoms with Crippen LogP contribution >= 0.6 is 23.1 Å². The fourth-order valence-corrected chi connectivity index (χ4v) is 3.92. The summed E-state index contributed by atoms with van der Waals surface area (Å²) in [6.45, 7) is 4.78. The SMILES string of the molecule is Cc1cnc([C@@H](C)CNC(=O)N[C@H]2CCCSC2)s1. The van der Waals surface area contributed by atoms with Crippen LogP contribution < -0.4 is 10.6 Å². The van der Waals surface area contributed by atoms with Crippen LogP contribution in [-0.4, -0.2) is 35.1 Å². The first kappa shape index (κ1) is 14.7. The Hall–Kier alpha value is -0.750. The number of aryl methyl sites for hydroxylation is 1. The zero-order valence-electron chi connectivity index (χ0n) is 11.4. The second-order valence-electron chi connectivity index (χ2n) is 4.98. The fourth-order valence-electron chi connectivity index (χ4n) is 2.02. The van der Waals surface area contributed by atoms with Gasteiger partial charge in [0.2, 0.25) is 0 Å². The van der Waals surface area contributed by atoms with Crippen molar-refractivity contribution >= 4 is 29.1 Å². The number of thioether (sulfide) groups is 1. The van der Waals surface area contributed by atoms with Gasteiger partial charge in [0.1, 0.15) is 0 Å². The number of carbonyl (C=O) groups is 1. The van der Waals surface area contributed by atoms with E-state index in [0.29, 0.717) is 12.6 Å². The minimum absolute atomic E-state index is 0.0485. The Labute approximate surface area is 122 Å². The summed E-state index contributed by atoms with van der Waals surface area (Å²) in [4.78, 5) is 17.4. The van der Waals surface area contributed by atoms with Gasteiger partial charge in [-0.15, -0.1) is 11.3 Å². The Morgan fingerprint density at radius 1 is 1.63 bits per heavy atom. The first-order valence-electron chi connectivity index (χ1n) is 6.69. The Balaban J connectivity index is 1.70. The van der Waals surface area contributed by atoms with Gasteiger partial charge in [0.05, 0.1) is 5.01 Å². The molecule has 4 nitrogen and oxygen atoms in total. The molecular weight excluding hydrogens is 278 g/mol. The van der Waals surface area contributed by atoms with Crippen LogP contribution in [0.3, 0.4) is 0 Å². The minimum atomic E-state index is -0.0485. The van der Waals surface area contributed by atoms with Crippen molar-refractivity contribution in [2.75, 3.05) is 18.1 Å². The normalized spacial score (nSPS) is 20.8. The van der Waals surface area contributed by atoms with Crippen LogP contribution in [0.1, 0.15) is 35.6 Å². The number of carbonyl (C=O) groups excluding carboxylic acids is 1. The average molecular weight is 299 g/mol. The molecule has 1 aromatic heterocycles. The summed E-state index contributed by atoms with van der Waals surface area (Å²) >= 11 is 3.62. The number of aromatic nitrogens is 1. The maximum absolute atomic E-state index is 11.8. The number of amides is 2. The molecular formula is C13H21N3OS2. The molecule has 0 aromatic carbocycles. The fraction of sp³-hybridized carbons (Fsp3) is 0.692. The van der Waals surface area contributed by atoms with Crippen LogP contribution in [0.25, 0.3) is 0 Å². The van der Waals surface area contributed by atoms with Gasteiger partial charge < -0.3 is 10.6 Å². The highest BCUT2D eigenvalue weighted by Gasteiger charge is 2.16. The highest BCUT2D eigenvalue weighted by Crippen LogP contribution is 2.20. The van der Waals surface area contributed by atoms with Gasteiger partial charge in [-0.05, 0) is 25.5 Å². The maximum atomic E-state index is 11.8. The predicted molar refractivity (Wildman–Crippen MR) is 82.1 cm³/mol. The summed E-state index contributed by atoms with van der Waals surface area (Å²) < 4.78 is 0. The molecule has 0 radical (unpaired) electrons. The van der Waals surface area contributed by atoms with Crippen LogP contribution in [0.15, 0.2) is 6.20 Å². The molecule has 106 valence electrons. The van der Waals surface area contributed by atoms with Gasteiger partial charge in [-0.3, -0.25) is 0 Å². The highest BCUT2D eigenvalue weighted by atomic mass is 32.2. The zero-order valence-corrected chi connectivity index (χ0v) is 13.1. The number of rotatable bonds is 4. The summed E-state index contributed by atoms with van der Waals surface area (Å²) in [5, 5.41) is 7.08. The summed E-state index contributed by atoms with van der Waals surface area (Å²) in [6, 6.07) is 0.281. The van der Waals surface area contributed by atoms with E-state index in [4.69, 9.17) is 0 Å². The molecule has 1 aliphatic rings. The average Bonchev–Trinajstić information content (AvgIpc) is 2.84. The molecule has 2 N–H and O–H groups in total. The Morgan fingerprint density at radius 2 is 2.47 bits per heavy atom. The highest BCUT2D eigenvalue weighted by molar-refractivity contribution is 7.99. The van der Waals surface area contributed by atoms with E-state index in [1.54, 1.807) is 11.3 Å². The lowest BCUT2D eigenvalue weighted by Crippen LogP contribution is -2.45. The van der Waals surface area contributed by atoms with Gasteiger partial charge in [-0.25, -0.2) is 9.78 Å². The molecule has 0 spiro atoms. The lowest BCUT2D eigenvalue weighted by atomic mass is 10.2. The van der Waals surface area contributed by atoms with Crippen LogP contribution in [0.4, 0.5) is 4.79 Å². The minimum Gasteiger partial charge on any atom is -0.337 e. The number of thiazole rings is 1. The Bertz CT molecular complexity index is 416. The van der Waals surface area contributed by atoms with Crippen LogP contribution in [0.2, 0.25) is 0 Å². The topological polar surface area (TPSA) is 54.0 Å². The van der Waals surface area contributed by atoms with Gasteiger partial charge in [0.15, 0.2) is 0 Å². The van der Waals surface area contributed by atoms with Gasteiger partial charge in [-0.1, -0.05) is 6.92 Å². The molecule has 0 unspecified atom stereocenters. The predicted octanol–water partition coefficient (Wildman–Crippen LogP) is 2.75. The molecule has 6 heteroatoms. The third kappa shape index (κ3) is 4.69. The summed E-state index contributed by atoms with van der Waals surface area (Å²) in [7, 11) is 0. The Morgan fingerprint density at radius 3 is 3.11 bits per heavy atom. The lowest BCUT2D eigenvalue weighted by Gasteiger charge is -2.23. The van der Waals surface area contributed by atoms with Gasteiger partial charge in [-0.2, -0.15) is 11.8 Å². The summed E-state index contributed by atoms with van der Waals surface area (Å²) in [6.07, 6.45) is 4.18. The van der Waals surface area contributed by atoms with Gasteiger partial charge in [0, 0.05) is 35.3 Å². The van der Waals surface area contributed by atoms with Crippen molar-refractivity contribution in [3.05, 3.63) is 16.1 Å². The van der Waals surface area contributed by atoms with Crippen molar-refractivity contribution in [1.82, 2.24) is 15.6 Å². The molecule has 0 saturated carbocycles. The van der Waals surface area contributed by atoms with Crippen LogP contribution in [0, 0.1) is 6.92 Å². The largest absolute Gasteiger partial charge is 0.337 e. The monoisotopic (exact) mass is 299 g/mol. The third-order valence-electron chi connectivity index (χ3n) is 3.13. The van der Waals surface area contributed by atoms with Crippen LogP contribution in [-0.2, 0) is 0 Å². The molecule has 0 bridgehead atoms. The first-order chi connectivity index (χ1) is 9.15.